The molecular weight excluding hydrogens is 274 g/mol. The van der Waals surface area contributed by atoms with E-state index in [9.17, 15) is 0 Å². The fraction of sp³-hybridized carbons (Fsp3) is 0.214. The van der Waals surface area contributed by atoms with Crippen molar-refractivity contribution in [3.63, 3.8) is 0 Å². The zero-order chi connectivity index (χ0) is 14.4. The number of thiophene rings is 1. The lowest BCUT2D eigenvalue weighted by Crippen LogP contribution is -2.16. The summed E-state index contributed by atoms with van der Waals surface area (Å²) in [7, 11) is 1.55. The Morgan fingerprint density at radius 2 is 2.15 bits per heavy atom. The number of nitrogens with one attached hydrogen (secondary N) is 1. The lowest BCUT2D eigenvalue weighted by Gasteiger charge is -2.10. The second-order valence-electron chi connectivity index (χ2n) is 4.26. The van der Waals surface area contributed by atoms with E-state index in [2.05, 4.69) is 27.3 Å². The predicted molar refractivity (Wildman–Crippen MR) is 80.4 cm³/mol. The van der Waals surface area contributed by atoms with Crippen LogP contribution in [-0.4, -0.2) is 18.2 Å². The lowest BCUT2D eigenvalue weighted by atomic mass is 10.1. The Balaban J connectivity index is 2.05. The number of benzene rings is 1. The summed E-state index contributed by atoms with van der Waals surface area (Å²) in [6.07, 6.45) is 0. The second-order valence-corrected chi connectivity index (χ2v) is 5.04. The molecular formula is C14H17N3O2S. The molecule has 106 valence electrons. The van der Waals surface area contributed by atoms with E-state index in [1.165, 1.54) is 5.56 Å². The molecule has 0 aliphatic heterocycles. The highest BCUT2D eigenvalue weighted by atomic mass is 32.1. The Bertz CT molecular complexity index is 582. The van der Waals surface area contributed by atoms with Gasteiger partial charge in [-0.05, 0) is 40.1 Å². The molecule has 0 spiro atoms. The first kappa shape index (κ1) is 14.4. The molecule has 0 saturated heterocycles. The molecule has 0 amide bonds. The number of rotatable bonds is 6. The van der Waals surface area contributed by atoms with Crippen molar-refractivity contribution < 1.29 is 9.94 Å². The molecule has 0 aliphatic carbocycles. The van der Waals surface area contributed by atoms with Crippen molar-refractivity contribution in [1.29, 1.82) is 0 Å². The van der Waals surface area contributed by atoms with Gasteiger partial charge >= 0.3 is 0 Å². The highest BCUT2D eigenvalue weighted by molar-refractivity contribution is 7.07. The Labute approximate surface area is 121 Å². The summed E-state index contributed by atoms with van der Waals surface area (Å²) in [6.45, 7) is 1.51. The van der Waals surface area contributed by atoms with Crippen LogP contribution in [0.2, 0.25) is 0 Å². The average molecular weight is 291 g/mol. The molecule has 0 radical (unpaired) electrons. The van der Waals surface area contributed by atoms with Gasteiger partial charge in [-0.2, -0.15) is 11.3 Å². The van der Waals surface area contributed by atoms with E-state index < -0.39 is 0 Å². The van der Waals surface area contributed by atoms with Crippen molar-refractivity contribution in [3.05, 3.63) is 51.7 Å². The van der Waals surface area contributed by atoms with Gasteiger partial charge in [0.1, 0.15) is 5.75 Å². The standard InChI is InChI=1S/C14H17N3O2S/c1-19-13-3-2-10(6-12(13)14(15)17-18)7-16-8-11-4-5-20-9-11/h2-6,9,16,18H,7-8H2,1H3,(H2,15,17). The Kier molecular flexibility index (Phi) is 4.97. The molecule has 0 fully saturated rings. The van der Waals surface area contributed by atoms with Gasteiger partial charge in [0.25, 0.3) is 0 Å². The first-order chi connectivity index (χ1) is 9.74. The van der Waals surface area contributed by atoms with Crippen LogP contribution < -0.4 is 15.8 Å². The molecule has 0 saturated carbocycles. The first-order valence-electron chi connectivity index (χ1n) is 6.11. The van der Waals surface area contributed by atoms with Crippen molar-refractivity contribution in [2.45, 2.75) is 13.1 Å². The maximum absolute atomic E-state index is 8.79. The first-order valence-corrected chi connectivity index (χ1v) is 7.05. The Hall–Kier alpha value is -2.05. The molecule has 0 unspecified atom stereocenters. The van der Waals surface area contributed by atoms with E-state index in [-0.39, 0.29) is 5.84 Å². The highest BCUT2D eigenvalue weighted by Gasteiger charge is 2.08. The fourth-order valence-electron chi connectivity index (χ4n) is 1.86. The van der Waals surface area contributed by atoms with Crippen LogP contribution >= 0.6 is 11.3 Å². The molecule has 0 bridgehead atoms. The third-order valence-corrected chi connectivity index (χ3v) is 3.62. The van der Waals surface area contributed by atoms with Gasteiger partial charge in [0.15, 0.2) is 5.84 Å². The average Bonchev–Trinajstić information content (AvgIpc) is 2.99. The maximum atomic E-state index is 8.79. The van der Waals surface area contributed by atoms with Crippen molar-refractivity contribution >= 4 is 17.2 Å². The summed E-state index contributed by atoms with van der Waals surface area (Å²) < 4.78 is 5.20. The number of amidine groups is 1. The van der Waals surface area contributed by atoms with Gasteiger partial charge < -0.3 is 21.0 Å². The number of hydrogen-bond donors (Lipinski definition) is 3. The minimum Gasteiger partial charge on any atom is -0.496 e. The summed E-state index contributed by atoms with van der Waals surface area (Å²) >= 11 is 1.68. The molecule has 1 heterocycles. The summed E-state index contributed by atoms with van der Waals surface area (Å²) in [5.41, 5.74) is 8.54. The minimum absolute atomic E-state index is 0.0431. The van der Waals surface area contributed by atoms with E-state index in [0.717, 1.165) is 12.1 Å². The van der Waals surface area contributed by atoms with Gasteiger partial charge in [0, 0.05) is 13.1 Å². The number of nitrogens with zero attached hydrogens (tertiary/aromatic N) is 1. The third-order valence-electron chi connectivity index (χ3n) is 2.89. The van der Waals surface area contributed by atoms with Crippen LogP contribution in [-0.2, 0) is 13.1 Å². The maximum Gasteiger partial charge on any atom is 0.173 e. The minimum atomic E-state index is 0.0431. The molecule has 1 aromatic heterocycles. The fourth-order valence-corrected chi connectivity index (χ4v) is 2.53. The van der Waals surface area contributed by atoms with E-state index in [1.54, 1.807) is 18.4 Å². The van der Waals surface area contributed by atoms with Gasteiger partial charge in [-0.3, -0.25) is 0 Å². The quantitative estimate of drug-likeness (QED) is 0.330. The second kappa shape index (κ2) is 6.93. The van der Waals surface area contributed by atoms with Crippen molar-refractivity contribution in [2.75, 3.05) is 7.11 Å². The lowest BCUT2D eigenvalue weighted by molar-refractivity contribution is 0.318. The Morgan fingerprint density at radius 1 is 1.35 bits per heavy atom. The van der Waals surface area contributed by atoms with Gasteiger partial charge in [0.05, 0.1) is 12.7 Å². The number of oxime groups is 1. The topological polar surface area (TPSA) is 79.9 Å². The number of methoxy groups -OCH3 is 1. The SMILES string of the molecule is COc1ccc(CNCc2ccsc2)cc1C(N)=NO. The number of ether oxygens (including phenoxy) is 1. The molecule has 0 atom stereocenters. The molecule has 6 heteroatoms. The largest absolute Gasteiger partial charge is 0.496 e. The van der Waals surface area contributed by atoms with Gasteiger partial charge in [0.2, 0.25) is 0 Å². The van der Waals surface area contributed by atoms with Crippen LogP contribution in [0.1, 0.15) is 16.7 Å². The molecule has 20 heavy (non-hydrogen) atoms. The smallest absolute Gasteiger partial charge is 0.173 e. The number of hydrogen-bond acceptors (Lipinski definition) is 5. The molecule has 4 N–H and O–H groups in total. The predicted octanol–water partition coefficient (Wildman–Crippen LogP) is 2.14. The van der Waals surface area contributed by atoms with Gasteiger partial charge in [-0.25, -0.2) is 0 Å². The van der Waals surface area contributed by atoms with Crippen LogP contribution in [0.15, 0.2) is 40.2 Å². The van der Waals surface area contributed by atoms with Gasteiger partial charge in [-0.1, -0.05) is 11.2 Å². The molecule has 2 rings (SSSR count). The van der Waals surface area contributed by atoms with Crippen molar-refractivity contribution in [3.8, 4) is 5.75 Å². The highest BCUT2D eigenvalue weighted by Crippen LogP contribution is 2.19. The van der Waals surface area contributed by atoms with Crippen LogP contribution in [0.25, 0.3) is 0 Å². The summed E-state index contributed by atoms with van der Waals surface area (Å²) in [6, 6.07) is 7.71. The van der Waals surface area contributed by atoms with E-state index >= 15 is 0 Å². The summed E-state index contributed by atoms with van der Waals surface area (Å²) in [4.78, 5) is 0. The molecule has 5 nitrogen and oxygen atoms in total. The summed E-state index contributed by atoms with van der Waals surface area (Å²) in [5.74, 6) is 0.628. The zero-order valence-electron chi connectivity index (χ0n) is 11.2. The Morgan fingerprint density at radius 3 is 2.80 bits per heavy atom. The van der Waals surface area contributed by atoms with Crippen molar-refractivity contribution in [1.82, 2.24) is 5.32 Å². The van der Waals surface area contributed by atoms with E-state index in [4.69, 9.17) is 15.7 Å². The van der Waals surface area contributed by atoms with Crippen molar-refractivity contribution in [2.24, 2.45) is 10.9 Å². The van der Waals surface area contributed by atoms with Crippen LogP contribution in [0.4, 0.5) is 0 Å². The summed E-state index contributed by atoms with van der Waals surface area (Å²) in [5, 5.41) is 19.3. The van der Waals surface area contributed by atoms with E-state index in [1.807, 2.05) is 18.2 Å². The van der Waals surface area contributed by atoms with Gasteiger partial charge in [-0.15, -0.1) is 0 Å². The van der Waals surface area contributed by atoms with Crippen LogP contribution in [0.3, 0.4) is 0 Å². The third kappa shape index (κ3) is 3.49. The molecule has 1 aromatic carbocycles. The number of nitrogens with two attached hydrogens (primary N) is 1. The monoisotopic (exact) mass is 291 g/mol. The zero-order valence-corrected chi connectivity index (χ0v) is 12.0. The molecule has 2 aromatic rings. The molecule has 0 aliphatic rings. The van der Waals surface area contributed by atoms with E-state index in [0.29, 0.717) is 17.9 Å². The normalized spacial score (nSPS) is 11.6. The van der Waals surface area contributed by atoms with Crippen LogP contribution in [0, 0.1) is 0 Å². The van der Waals surface area contributed by atoms with Crippen LogP contribution in [0.5, 0.6) is 5.75 Å².